The van der Waals surface area contributed by atoms with Crippen LogP contribution in [0.4, 0.5) is 0 Å². The van der Waals surface area contributed by atoms with Crippen LogP contribution in [0.2, 0.25) is 5.02 Å². The van der Waals surface area contributed by atoms with Crippen molar-refractivity contribution >= 4 is 34.8 Å². The number of amides is 1. The molecule has 2 atom stereocenters. The van der Waals surface area contributed by atoms with E-state index >= 15 is 0 Å². The smallest absolute Gasteiger partial charge is 0.258 e. The van der Waals surface area contributed by atoms with Gasteiger partial charge in [-0.2, -0.15) is 0 Å². The molecule has 5 heteroatoms. The highest BCUT2D eigenvalue weighted by molar-refractivity contribution is 7.80. The maximum absolute atomic E-state index is 12.2. The minimum atomic E-state index is -0.272. The van der Waals surface area contributed by atoms with Crippen molar-refractivity contribution in [1.29, 1.82) is 0 Å². The molecule has 0 unspecified atom stereocenters. The molecule has 1 fully saturated rings. The molecule has 120 valence electrons. The first-order chi connectivity index (χ1) is 10.3. The largest absolute Gasteiger partial charge is 0.360 e. The number of halogens is 1. The van der Waals surface area contributed by atoms with Crippen molar-refractivity contribution in [1.82, 2.24) is 10.6 Å². The molecule has 1 aliphatic rings. The average Bonchev–Trinajstić information content (AvgIpc) is 2.36. The van der Waals surface area contributed by atoms with Gasteiger partial charge in [-0.1, -0.05) is 44.5 Å². The Morgan fingerprint density at radius 1 is 1.32 bits per heavy atom. The molecule has 0 heterocycles. The molecular weight excluding hydrogens is 316 g/mol. The van der Waals surface area contributed by atoms with E-state index in [2.05, 4.69) is 31.4 Å². The molecule has 0 aliphatic heterocycles. The van der Waals surface area contributed by atoms with Gasteiger partial charge in [-0.15, -0.1) is 0 Å². The van der Waals surface area contributed by atoms with E-state index in [-0.39, 0.29) is 5.91 Å². The van der Waals surface area contributed by atoms with E-state index in [9.17, 15) is 4.79 Å². The number of nitrogens with one attached hydrogen (secondary N) is 2. The highest BCUT2D eigenvalue weighted by Gasteiger charge is 2.32. The minimum absolute atomic E-state index is 0.272. The number of carbonyl (C=O) groups is 1. The number of hydrogen-bond donors (Lipinski definition) is 2. The van der Waals surface area contributed by atoms with Crippen LogP contribution >= 0.6 is 23.8 Å². The predicted molar refractivity (Wildman–Crippen MR) is 95.2 cm³/mol. The summed E-state index contributed by atoms with van der Waals surface area (Å²) in [5.41, 5.74) is 0.739. The zero-order chi connectivity index (χ0) is 16.3. The normalized spacial score (nSPS) is 23.6. The maximum atomic E-state index is 12.2. The summed E-state index contributed by atoms with van der Waals surface area (Å²) in [7, 11) is 0. The van der Waals surface area contributed by atoms with Gasteiger partial charge >= 0.3 is 0 Å². The minimum Gasteiger partial charge on any atom is -0.360 e. The molecule has 0 radical (unpaired) electrons. The number of hydrogen-bond acceptors (Lipinski definition) is 2. The van der Waals surface area contributed by atoms with Crippen molar-refractivity contribution < 1.29 is 4.79 Å². The summed E-state index contributed by atoms with van der Waals surface area (Å²) >= 11 is 11.3. The van der Waals surface area contributed by atoms with Gasteiger partial charge in [-0.25, -0.2) is 0 Å². The molecule has 1 aromatic carbocycles. The molecular formula is C17H23ClN2OS. The Hall–Kier alpha value is -1.13. The van der Waals surface area contributed by atoms with Crippen molar-refractivity contribution in [2.75, 3.05) is 0 Å². The lowest BCUT2D eigenvalue weighted by Gasteiger charge is -2.39. The Morgan fingerprint density at radius 2 is 2.00 bits per heavy atom. The fourth-order valence-corrected chi connectivity index (χ4v) is 3.97. The zero-order valence-corrected chi connectivity index (χ0v) is 14.9. The topological polar surface area (TPSA) is 41.1 Å². The van der Waals surface area contributed by atoms with Crippen molar-refractivity contribution in [2.24, 2.45) is 11.3 Å². The van der Waals surface area contributed by atoms with Crippen LogP contribution in [-0.2, 0) is 0 Å². The van der Waals surface area contributed by atoms with Crippen LogP contribution in [-0.4, -0.2) is 17.1 Å². The van der Waals surface area contributed by atoms with Gasteiger partial charge in [0.1, 0.15) is 0 Å². The number of carbonyl (C=O) groups excluding carboxylic acids is 1. The lowest BCUT2D eigenvalue weighted by molar-refractivity contribution is 0.0975. The van der Waals surface area contributed by atoms with Crippen LogP contribution in [0.15, 0.2) is 24.3 Å². The first kappa shape index (κ1) is 17.2. The van der Waals surface area contributed by atoms with Gasteiger partial charge in [0, 0.05) is 6.04 Å². The Labute approximate surface area is 142 Å². The standard InChI is InChI=1S/C17H23ClN2OS/c1-11-8-12(10-17(2,3)9-11)19-16(22)20-15(21)13-6-4-5-7-14(13)18/h4-7,11-12H,8-10H2,1-3H3,(H2,19,20,21,22)/t11-,12-/m0/s1. The molecule has 1 aliphatic carbocycles. The molecule has 0 bridgehead atoms. The number of benzene rings is 1. The zero-order valence-electron chi connectivity index (χ0n) is 13.3. The lowest BCUT2D eigenvalue weighted by Crippen LogP contribution is -2.48. The second kappa shape index (κ2) is 6.97. The Kier molecular flexibility index (Phi) is 5.45. The van der Waals surface area contributed by atoms with E-state index in [0.717, 1.165) is 12.8 Å². The van der Waals surface area contributed by atoms with E-state index < -0.39 is 0 Å². The molecule has 2 N–H and O–H groups in total. The molecule has 2 rings (SSSR count). The summed E-state index contributed by atoms with van der Waals surface area (Å²) in [6, 6.07) is 7.26. The quantitative estimate of drug-likeness (QED) is 0.795. The first-order valence-electron chi connectivity index (χ1n) is 7.63. The van der Waals surface area contributed by atoms with Gasteiger partial charge in [0.25, 0.3) is 5.91 Å². The van der Waals surface area contributed by atoms with Crippen LogP contribution in [0.5, 0.6) is 0 Å². The van der Waals surface area contributed by atoms with Gasteiger partial charge in [-0.3, -0.25) is 10.1 Å². The average molecular weight is 339 g/mol. The highest BCUT2D eigenvalue weighted by atomic mass is 35.5. The molecule has 3 nitrogen and oxygen atoms in total. The fraction of sp³-hybridized carbons (Fsp3) is 0.529. The maximum Gasteiger partial charge on any atom is 0.258 e. The molecule has 1 saturated carbocycles. The van der Waals surface area contributed by atoms with Crippen LogP contribution in [0.1, 0.15) is 50.4 Å². The summed E-state index contributed by atoms with van der Waals surface area (Å²) in [5.74, 6) is 0.384. The van der Waals surface area contributed by atoms with Gasteiger partial charge in [0.05, 0.1) is 10.6 Å². The van der Waals surface area contributed by atoms with Gasteiger partial charge in [0.15, 0.2) is 5.11 Å². The lowest BCUT2D eigenvalue weighted by atomic mass is 9.71. The third-order valence-corrected chi connectivity index (χ3v) is 4.62. The van der Waals surface area contributed by atoms with Gasteiger partial charge in [0.2, 0.25) is 0 Å². The summed E-state index contributed by atoms with van der Waals surface area (Å²) in [6.07, 6.45) is 3.36. The summed E-state index contributed by atoms with van der Waals surface area (Å²) in [4.78, 5) is 12.2. The van der Waals surface area contributed by atoms with Crippen molar-refractivity contribution in [2.45, 2.75) is 46.1 Å². The van der Waals surface area contributed by atoms with E-state index in [1.807, 2.05) is 0 Å². The van der Waals surface area contributed by atoms with Crippen molar-refractivity contribution in [3.05, 3.63) is 34.9 Å². The van der Waals surface area contributed by atoms with Crippen LogP contribution in [0.25, 0.3) is 0 Å². The second-order valence-corrected chi connectivity index (χ2v) is 7.83. The third-order valence-electron chi connectivity index (χ3n) is 4.07. The SMILES string of the molecule is C[C@H]1C[C@H](NC(=S)NC(=O)c2ccccc2Cl)CC(C)(C)C1. The van der Waals surface area contributed by atoms with E-state index in [1.54, 1.807) is 24.3 Å². The van der Waals surface area contributed by atoms with E-state index in [4.69, 9.17) is 23.8 Å². The van der Waals surface area contributed by atoms with Crippen molar-refractivity contribution in [3.8, 4) is 0 Å². The molecule has 1 aromatic rings. The fourth-order valence-electron chi connectivity index (χ4n) is 3.49. The monoisotopic (exact) mass is 338 g/mol. The summed E-state index contributed by atoms with van der Waals surface area (Å²) in [6.45, 7) is 6.83. The molecule has 22 heavy (non-hydrogen) atoms. The van der Waals surface area contributed by atoms with Crippen LogP contribution in [0, 0.1) is 11.3 Å². The van der Waals surface area contributed by atoms with Crippen LogP contribution < -0.4 is 10.6 Å². The Balaban J connectivity index is 1.93. The van der Waals surface area contributed by atoms with E-state index in [1.165, 1.54) is 6.42 Å². The highest BCUT2D eigenvalue weighted by Crippen LogP contribution is 2.38. The van der Waals surface area contributed by atoms with Crippen molar-refractivity contribution in [3.63, 3.8) is 0 Å². The number of thiocarbonyl (C=S) groups is 1. The first-order valence-corrected chi connectivity index (χ1v) is 8.42. The Morgan fingerprint density at radius 3 is 2.64 bits per heavy atom. The molecule has 0 saturated heterocycles. The van der Waals surface area contributed by atoms with E-state index in [0.29, 0.717) is 33.1 Å². The Bertz CT molecular complexity index is 574. The third kappa shape index (κ3) is 4.68. The number of rotatable bonds is 2. The summed E-state index contributed by atoms with van der Waals surface area (Å²) < 4.78 is 0. The predicted octanol–water partition coefficient (Wildman–Crippen LogP) is 4.16. The van der Waals surface area contributed by atoms with Crippen LogP contribution in [0.3, 0.4) is 0 Å². The molecule has 0 aromatic heterocycles. The van der Waals surface area contributed by atoms with Gasteiger partial charge in [-0.05, 0) is 54.9 Å². The molecule has 1 amide bonds. The van der Waals surface area contributed by atoms with Gasteiger partial charge < -0.3 is 5.32 Å². The second-order valence-electron chi connectivity index (χ2n) is 7.02. The molecule has 0 spiro atoms. The summed E-state index contributed by atoms with van der Waals surface area (Å²) in [5, 5.41) is 6.81.